The first-order valence-electron chi connectivity index (χ1n) is 6.91. The Hall–Kier alpha value is -0.760. The summed E-state index contributed by atoms with van der Waals surface area (Å²) in [7, 11) is 0. The number of rotatable bonds is 7. The van der Waals surface area contributed by atoms with Gasteiger partial charge in [0, 0.05) is 11.6 Å². The first kappa shape index (κ1) is 14.3. The smallest absolute Gasteiger partial charge is 0.106 e. The van der Waals surface area contributed by atoms with Gasteiger partial charge in [0.05, 0.1) is 0 Å². The third-order valence-electron chi connectivity index (χ3n) is 3.51. The average Bonchev–Trinajstić information content (AvgIpc) is 2.53. The summed E-state index contributed by atoms with van der Waals surface area (Å²) in [5, 5.41) is 3.59. The zero-order chi connectivity index (χ0) is 12.8. The molecule has 0 aliphatic rings. The maximum atomic E-state index is 5.74. The number of furan rings is 1. The first-order valence-corrected chi connectivity index (χ1v) is 6.91. The summed E-state index contributed by atoms with van der Waals surface area (Å²) in [6.45, 7) is 11.7. The van der Waals surface area contributed by atoms with E-state index < -0.39 is 0 Å². The van der Waals surface area contributed by atoms with Gasteiger partial charge in [0.25, 0.3) is 0 Å². The second-order valence-corrected chi connectivity index (χ2v) is 4.86. The van der Waals surface area contributed by atoms with Crippen LogP contribution in [0.25, 0.3) is 0 Å². The van der Waals surface area contributed by atoms with Crippen LogP contribution in [0.5, 0.6) is 0 Å². The molecular weight excluding hydrogens is 210 g/mol. The highest BCUT2D eigenvalue weighted by Crippen LogP contribution is 2.30. The van der Waals surface area contributed by atoms with Crippen LogP contribution in [0.4, 0.5) is 0 Å². The van der Waals surface area contributed by atoms with Crippen LogP contribution in [0.1, 0.15) is 68.2 Å². The van der Waals surface area contributed by atoms with Crippen molar-refractivity contribution < 1.29 is 4.42 Å². The van der Waals surface area contributed by atoms with Crippen molar-refractivity contribution in [2.75, 3.05) is 6.54 Å². The van der Waals surface area contributed by atoms with Gasteiger partial charge in [-0.05, 0) is 39.3 Å². The summed E-state index contributed by atoms with van der Waals surface area (Å²) in [6.07, 6.45) is 5.09. The van der Waals surface area contributed by atoms with Crippen molar-refractivity contribution in [2.45, 2.75) is 66.3 Å². The van der Waals surface area contributed by atoms with E-state index in [0.717, 1.165) is 18.1 Å². The van der Waals surface area contributed by atoms with Crippen molar-refractivity contribution in [1.82, 2.24) is 5.32 Å². The van der Waals surface area contributed by atoms with E-state index in [1.165, 1.54) is 36.8 Å². The Morgan fingerprint density at radius 1 is 1.06 bits per heavy atom. The highest BCUT2D eigenvalue weighted by atomic mass is 16.3. The lowest BCUT2D eigenvalue weighted by Crippen LogP contribution is -2.21. The number of aryl methyl sites for hydroxylation is 2. The number of hydrogen-bond donors (Lipinski definition) is 1. The van der Waals surface area contributed by atoms with Gasteiger partial charge in [0.15, 0.2) is 0 Å². The minimum atomic E-state index is 0.462. The van der Waals surface area contributed by atoms with Crippen LogP contribution in [0.3, 0.4) is 0 Å². The molecule has 1 unspecified atom stereocenters. The van der Waals surface area contributed by atoms with Crippen molar-refractivity contribution in [2.24, 2.45) is 0 Å². The van der Waals surface area contributed by atoms with Crippen molar-refractivity contribution in [1.29, 1.82) is 0 Å². The normalized spacial score (nSPS) is 13.0. The molecule has 0 spiro atoms. The second-order valence-electron chi connectivity index (χ2n) is 4.86. The Bertz CT molecular complexity index is 341. The van der Waals surface area contributed by atoms with E-state index in [4.69, 9.17) is 4.42 Å². The van der Waals surface area contributed by atoms with E-state index in [1.807, 2.05) is 0 Å². The molecule has 1 aromatic rings. The molecule has 0 aromatic carbocycles. The van der Waals surface area contributed by atoms with Crippen LogP contribution in [0.2, 0.25) is 0 Å². The maximum Gasteiger partial charge on any atom is 0.106 e. The first-order chi connectivity index (χ1) is 8.11. The topological polar surface area (TPSA) is 25.2 Å². The van der Waals surface area contributed by atoms with Crippen LogP contribution < -0.4 is 5.32 Å². The molecule has 0 radical (unpaired) electrons. The molecule has 0 amide bonds. The molecule has 1 N–H and O–H groups in total. The minimum Gasteiger partial charge on any atom is -0.466 e. The summed E-state index contributed by atoms with van der Waals surface area (Å²) >= 11 is 0. The standard InChI is InChI=1S/C15H27NO/c1-6-8-9-10-14(16-7-2)15-11(3)12(4)17-13(15)5/h14,16H,6-10H2,1-5H3. The summed E-state index contributed by atoms with van der Waals surface area (Å²) in [4.78, 5) is 0. The Morgan fingerprint density at radius 3 is 2.24 bits per heavy atom. The van der Waals surface area contributed by atoms with Crippen LogP contribution in [-0.2, 0) is 0 Å². The molecule has 0 saturated carbocycles. The van der Waals surface area contributed by atoms with Gasteiger partial charge < -0.3 is 9.73 Å². The highest BCUT2D eigenvalue weighted by molar-refractivity contribution is 5.34. The summed E-state index contributed by atoms with van der Waals surface area (Å²) < 4.78 is 5.74. The fourth-order valence-electron chi connectivity index (χ4n) is 2.51. The predicted molar refractivity (Wildman–Crippen MR) is 73.5 cm³/mol. The minimum absolute atomic E-state index is 0.462. The summed E-state index contributed by atoms with van der Waals surface area (Å²) in [5.41, 5.74) is 2.71. The van der Waals surface area contributed by atoms with Crippen molar-refractivity contribution in [3.63, 3.8) is 0 Å². The highest BCUT2D eigenvalue weighted by Gasteiger charge is 2.19. The maximum absolute atomic E-state index is 5.74. The van der Waals surface area contributed by atoms with E-state index in [1.54, 1.807) is 0 Å². The SMILES string of the molecule is CCCCCC(NCC)c1c(C)oc(C)c1C. The molecule has 1 atom stereocenters. The second kappa shape index (κ2) is 6.85. The molecule has 0 bridgehead atoms. The summed E-state index contributed by atoms with van der Waals surface area (Å²) in [5.74, 6) is 2.15. The molecule has 2 nitrogen and oxygen atoms in total. The predicted octanol–water partition coefficient (Wildman–Crippen LogP) is 4.44. The van der Waals surface area contributed by atoms with E-state index >= 15 is 0 Å². The lowest BCUT2D eigenvalue weighted by molar-refractivity contribution is 0.462. The summed E-state index contributed by atoms with van der Waals surface area (Å²) in [6, 6.07) is 0.462. The average molecular weight is 237 g/mol. The monoisotopic (exact) mass is 237 g/mol. The van der Waals surface area contributed by atoms with Crippen molar-refractivity contribution in [3.8, 4) is 0 Å². The number of hydrogen-bond acceptors (Lipinski definition) is 2. The van der Waals surface area contributed by atoms with E-state index in [9.17, 15) is 0 Å². The van der Waals surface area contributed by atoms with Gasteiger partial charge in [0.1, 0.15) is 11.5 Å². The van der Waals surface area contributed by atoms with Crippen LogP contribution >= 0.6 is 0 Å². The van der Waals surface area contributed by atoms with Crippen molar-refractivity contribution in [3.05, 3.63) is 22.6 Å². The van der Waals surface area contributed by atoms with Gasteiger partial charge in [-0.15, -0.1) is 0 Å². The molecule has 0 aliphatic heterocycles. The Balaban J connectivity index is 2.81. The third kappa shape index (κ3) is 3.60. The Kier molecular flexibility index (Phi) is 5.76. The van der Waals surface area contributed by atoms with E-state index in [0.29, 0.717) is 6.04 Å². The number of unbranched alkanes of at least 4 members (excludes halogenated alkanes) is 2. The zero-order valence-electron chi connectivity index (χ0n) is 12.0. The van der Waals surface area contributed by atoms with Crippen molar-refractivity contribution >= 4 is 0 Å². The van der Waals surface area contributed by atoms with Gasteiger partial charge in [-0.1, -0.05) is 33.1 Å². The largest absolute Gasteiger partial charge is 0.466 e. The molecule has 1 heterocycles. The zero-order valence-corrected chi connectivity index (χ0v) is 12.0. The van der Waals surface area contributed by atoms with Gasteiger partial charge in [0.2, 0.25) is 0 Å². The Morgan fingerprint density at radius 2 is 1.76 bits per heavy atom. The van der Waals surface area contributed by atoms with Gasteiger partial charge >= 0.3 is 0 Å². The Labute approximate surface area is 106 Å². The van der Waals surface area contributed by atoms with E-state index in [-0.39, 0.29) is 0 Å². The van der Waals surface area contributed by atoms with Crippen LogP contribution in [0.15, 0.2) is 4.42 Å². The molecule has 0 fully saturated rings. The van der Waals surface area contributed by atoms with Crippen LogP contribution in [-0.4, -0.2) is 6.54 Å². The molecule has 2 heteroatoms. The fourth-order valence-corrected chi connectivity index (χ4v) is 2.51. The van der Waals surface area contributed by atoms with Gasteiger partial charge in [-0.25, -0.2) is 0 Å². The molecule has 0 aliphatic carbocycles. The lowest BCUT2D eigenvalue weighted by atomic mass is 9.97. The molecule has 98 valence electrons. The molecule has 1 aromatic heterocycles. The molecular formula is C15H27NO. The fraction of sp³-hybridized carbons (Fsp3) is 0.733. The molecule has 0 saturated heterocycles. The van der Waals surface area contributed by atoms with Gasteiger partial charge in [-0.3, -0.25) is 0 Å². The molecule has 1 rings (SSSR count). The quantitative estimate of drug-likeness (QED) is 0.709. The number of nitrogens with one attached hydrogen (secondary N) is 1. The van der Waals surface area contributed by atoms with E-state index in [2.05, 4.69) is 39.9 Å². The third-order valence-corrected chi connectivity index (χ3v) is 3.51. The van der Waals surface area contributed by atoms with Crippen LogP contribution in [0, 0.1) is 20.8 Å². The molecule has 17 heavy (non-hydrogen) atoms. The van der Waals surface area contributed by atoms with Gasteiger partial charge in [-0.2, -0.15) is 0 Å². The lowest BCUT2D eigenvalue weighted by Gasteiger charge is -2.18.